The number of likely N-dealkylation sites (tertiary alicyclic amines) is 1. The summed E-state index contributed by atoms with van der Waals surface area (Å²) in [5.74, 6) is 0.846. The number of rotatable bonds is 5. The lowest BCUT2D eigenvalue weighted by Crippen LogP contribution is -2.48. The molecule has 0 bridgehead atoms. The maximum absolute atomic E-state index is 6.31. The highest BCUT2D eigenvalue weighted by molar-refractivity contribution is 6.32. The molecule has 0 unspecified atom stereocenters. The monoisotopic (exact) mass is 338 g/mol. The lowest BCUT2D eigenvalue weighted by Gasteiger charge is -2.36. The van der Waals surface area contributed by atoms with Crippen LogP contribution in [-0.2, 0) is 11.3 Å². The number of hydrogen-bond acceptors (Lipinski definition) is 4. The zero-order chi connectivity index (χ0) is 16.2. The van der Waals surface area contributed by atoms with Crippen molar-refractivity contribution in [3.63, 3.8) is 0 Å². The van der Waals surface area contributed by atoms with E-state index in [1.165, 1.54) is 12.0 Å². The smallest absolute Gasteiger partial charge is 0.142 e. The first-order valence-corrected chi connectivity index (χ1v) is 9.04. The highest BCUT2D eigenvalue weighted by Gasteiger charge is 2.35. The Bertz CT molecular complexity index is 520. The first-order chi connectivity index (χ1) is 11.2. The predicted octanol–water partition coefficient (Wildman–Crippen LogP) is 3.03. The zero-order valence-electron chi connectivity index (χ0n) is 14.1. The molecule has 0 amide bonds. The van der Waals surface area contributed by atoms with Gasteiger partial charge >= 0.3 is 0 Å². The van der Waals surface area contributed by atoms with Gasteiger partial charge in [0, 0.05) is 43.8 Å². The van der Waals surface area contributed by atoms with E-state index in [1.807, 2.05) is 19.1 Å². The highest BCUT2D eigenvalue weighted by Crippen LogP contribution is 2.32. The molecule has 128 valence electrons. The maximum Gasteiger partial charge on any atom is 0.142 e. The van der Waals surface area contributed by atoms with Gasteiger partial charge in [0.05, 0.1) is 24.8 Å². The summed E-state index contributed by atoms with van der Waals surface area (Å²) in [6, 6.07) is 7.22. The Balaban J connectivity index is 1.68. The van der Waals surface area contributed by atoms with Gasteiger partial charge < -0.3 is 9.47 Å². The largest absolute Gasteiger partial charge is 0.492 e. The first-order valence-electron chi connectivity index (χ1n) is 8.66. The second-order valence-electron chi connectivity index (χ2n) is 6.38. The number of para-hydroxylation sites is 1. The molecule has 2 fully saturated rings. The van der Waals surface area contributed by atoms with E-state index in [1.54, 1.807) is 0 Å². The van der Waals surface area contributed by atoms with Crippen molar-refractivity contribution in [2.24, 2.45) is 0 Å². The van der Waals surface area contributed by atoms with E-state index in [9.17, 15) is 0 Å². The van der Waals surface area contributed by atoms with E-state index in [4.69, 9.17) is 21.1 Å². The Labute approximate surface area is 144 Å². The summed E-state index contributed by atoms with van der Waals surface area (Å²) in [5, 5.41) is 0.709. The molecule has 2 atom stereocenters. The van der Waals surface area contributed by atoms with Gasteiger partial charge in [0.25, 0.3) is 0 Å². The van der Waals surface area contributed by atoms with Crippen molar-refractivity contribution in [1.29, 1.82) is 0 Å². The summed E-state index contributed by atoms with van der Waals surface area (Å²) in [7, 11) is 0. The molecule has 1 aromatic carbocycles. The number of hydrogen-bond donors (Lipinski definition) is 0. The molecule has 1 aromatic rings. The van der Waals surface area contributed by atoms with E-state index in [0.29, 0.717) is 23.7 Å². The summed E-state index contributed by atoms with van der Waals surface area (Å²) in [4.78, 5) is 5.14. The van der Waals surface area contributed by atoms with Crippen molar-refractivity contribution >= 4 is 11.6 Å². The van der Waals surface area contributed by atoms with Gasteiger partial charge in [-0.2, -0.15) is 0 Å². The van der Waals surface area contributed by atoms with Crippen LogP contribution in [0.2, 0.25) is 5.02 Å². The molecule has 3 rings (SSSR count). The van der Waals surface area contributed by atoms with Gasteiger partial charge in [0.1, 0.15) is 5.75 Å². The molecule has 0 spiro atoms. The zero-order valence-corrected chi connectivity index (χ0v) is 14.9. The van der Waals surface area contributed by atoms with Gasteiger partial charge in [0.2, 0.25) is 0 Å². The number of ether oxygens (including phenoxy) is 2. The van der Waals surface area contributed by atoms with E-state index in [-0.39, 0.29) is 0 Å². The van der Waals surface area contributed by atoms with Crippen LogP contribution < -0.4 is 4.74 Å². The standard InChI is InChI=1S/C18H27ClN2O2/c1-3-23-18-15(5-4-6-16(18)19)13-21-8-7-17(14(21)2)20-9-11-22-12-10-20/h4-6,14,17H,3,7-13H2,1-2H3/t14-,17-/m1/s1. The van der Waals surface area contributed by atoms with Crippen LogP contribution in [0.5, 0.6) is 5.75 Å². The second-order valence-corrected chi connectivity index (χ2v) is 6.78. The quantitative estimate of drug-likeness (QED) is 0.824. The fourth-order valence-electron chi connectivity index (χ4n) is 3.81. The van der Waals surface area contributed by atoms with Crippen molar-refractivity contribution in [1.82, 2.24) is 9.80 Å². The van der Waals surface area contributed by atoms with Gasteiger partial charge in [0.15, 0.2) is 0 Å². The molecule has 0 saturated carbocycles. The van der Waals surface area contributed by atoms with Crippen LogP contribution in [0.25, 0.3) is 0 Å². The van der Waals surface area contributed by atoms with Crippen LogP contribution in [0.4, 0.5) is 0 Å². The molecular weight excluding hydrogens is 312 g/mol. The summed E-state index contributed by atoms with van der Waals surface area (Å²) in [6.45, 7) is 10.9. The fourth-order valence-corrected chi connectivity index (χ4v) is 4.06. The van der Waals surface area contributed by atoms with Crippen molar-refractivity contribution in [2.45, 2.75) is 38.9 Å². The molecule has 23 heavy (non-hydrogen) atoms. The lowest BCUT2D eigenvalue weighted by molar-refractivity contribution is 0.00981. The second kappa shape index (κ2) is 7.84. The molecule has 0 aliphatic carbocycles. The summed E-state index contributed by atoms with van der Waals surface area (Å²) in [6.07, 6.45) is 1.23. The highest BCUT2D eigenvalue weighted by atomic mass is 35.5. The fraction of sp³-hybridized carbons (Fsp3) is 0.667. The van der Waals surface area contributed by atoms with E-state index in [0.717, 1.165) is 45.1 Å². The molecule has 2 saturated heterocycles. The van der Waals surface area contributed by atoms with Gasteiger partial charge in [-0.15, -0.1) is 0 Å². The molecular formula is C18H27ClN2O2. The van der Waals surface area contributed by atoms with Crippen molar-refractivity contribution in [3.8, 4) is 5.75 Å². The average Bonchev–Trinajstić information content (AvgIpc) is 2.92. The number of halogens is 1. The van der Waals surface area contributed by atoms with E-state index in [2.05, 4.69) is 22.8 Å². The maximum atomic E-state index is 6.31. The molecule has 2 aliphatic rings. The van der Waals surface area contributed by atoms with Crippen molar-refractivity contribution < 1.29 is 9.47 Å². The molecule has 2 heterocycles. The molecule has 5 heteroatoms. The van der Waals surface area contributed by atoms with Crippen LogP contribution in [0.1, 0.15) is 25.8 Å². The average molecular weight is 339 g/mol. The number of nitrogens with zero attached hydrogens (tertiary/aromatic N) is 2. The van der Waals surface area contributed by atoms with Crippen LogP contribution >= 0.6 is 11.6 Å². The third-order valence-corrected chi connectivity index (χ3v) is 5.37. The summed E-state index contributed by atoms with van der Waals surface area (Å²) in [5.41, 5.74) is 1.19. The minimum absolute atomic E-state index is 0.543. The van der Waals surface area contributed by atoms with Gasteiger partial charge in [-0.1, -0.05) is 23.7 Å². The SMILES string of the molecule is CCOc1c(Cl)cccc1CN1CC[C@@H](N2CCOCC2)[C@H]1C. The van der Waals surface area contributed by atoms with Crippen LogP contribution in [0.15, 0.2) is 18.2 Å². The Kier molecular flexibility index (Phi) is 5.81. The Morgan fingerprint density at radius 1 is 1.26 bits per heavy atom. The van der Waals surface area contributed by atoms with E-state index >= 15 is 0 Å². The van der Waals surface area contributed by atoms with Crippen LogP contribution in [0.3, 0.4) is 0 Å². The Morgan fingerprint density at radius 2 is 2.04 bits per heavy atom. The number of benzene rings is 1. The molecule has 4 nitrogen and oxygen atoms in total. The summed E-state index contributed by atoms with van der Waals surface area (Å²) < 4.78 is 11.3. The van der Waals surface area contributed by atoms with E-state index < -0.39 is 0 Å². The van der Waals surface area contributed by atoms with Gasteiger partial charge in [-0.3, -0.25) is 9.80 Å². The Morgan fingerprint density at radius 3 is 2.78 bits per heavy atom. The van der Waals surface area contributed by atoms with Crippen molar-refractivity contribution in [3.05, 3.63) is 28.8 Å². The summed E-state index contributed by atoms with van der Waals surface area (Å²) >= 11 is 6.31. The molecule has 0 N–H and O–H groups in total. The minimum atomic E-state index is 0.543. The van der Waals surface area contributed by atoms with Gasteiger partial charge in [-0.05, 0) is 26.3 Å². The number of morpholine rings is 1. The molecule has 0 radical (unpaired) electrons. The van der Waals surface area contributed by atoms with Gasteiger partial charge in [-0.25, -0.2) is 0 Å². The van der Waals surface area contributed by atoms with Crippen LogP contribution in [-0.4, -0.2) is 61.3 Å². The minimum Gasteiger partial charge on any atom is -0.492 e. The topological polar surface area (TPSA) is 24.9 Å². The van der Waals surface area contributed by atoms with Crippen molar-refractivity contribution in [2.75, 3.05) is 39.5 Å². The normalized spacial score (nSPS) is 26.6. The molecule has 2 aliphatic heterocycles. The molecule has 0 aromatic heterocycles. The third kappa shape index (κ3) is 3.82. The predicted molar refractivity (Wildman–Crippen MR) is 93.3 cm³/mol. The first kappa shape index (κ1) is 17.0. The lowest BCUT2D eigenvalue weighted by atomic mass is 10.1. The van der Waals surface area contributed by atoms with Crippen LogP contribution in [0, 0.1) is 0 Å². The Hall–Kier alpha value is -0.810. The third-order valence-electron chi connectivity index (χ3n) is 5.07.